The largest absolute Gasteiger partial charge is 0.480 e. The molecule has 2 aliphatic heterocycles. The maximum absolute atomic E-state index is 13.3. The van der Waals surface area contributed by atoms with Gasteiger partial charge in [0.25, 0.3) is 11.6 Å². The van der Waals surface area contributed by atoms with Gasteiger partial charge in [0.05, 0.1) is 15.2 Å². The number of para-hydroxylation sites is 1. The van der Waals surface area contributed by atoms with Crippen LogP contribution in [0.4, 0.5) is 11.4 Å². The number of carbonyl (C=O) groups is 2. The first-order chi connectivity index (χ1) is 17.3. The predicted molar refractivity (Wildman–Crippen MR) is 139 cm³/mol. The Morgan fingerprint density at radius 3 is 2.53 bits per heavy atom. The second-order valence-corrected chi connectivity index (χ2v) is 11.5. The summed E-state index contributed by atoms with van der Waals surface area (Å²) in [5.74, 6) is -1.56. The van der Waals surface area contributed by atoms with Crippen LogP contribution in [-0.2, 0) is 4.79 Å². The molecule has 2 N–H and O–H groups in total. The van der Waals surface area contributed by atoms with Crippen molar-refractivity contribution in [2.45, 2.75) is 59.6 Å². The minimum absolute atomic E-state index is 0.00781. The molecule has 1 saturated carbocycles. The molecule has 1 aliphatic carbocycles. The van der Waals surface area contributed by atoms with Crippen molar-refractivity contribution in [3.63, 3.8) is 0 Å². The highest BCUT2D eigenvalue weighted by molar-refractivity contribution is 8.00. The number of benzene rings is 2. The van der Waals surface area contributed by atoms with Crippen molar-refractivity contribution < 1.29 is 19.6 Å². The van der Waals surface area contributed by atoms with Crippen molar-refractivity contribution in [2.75, 3.05) is 18.4 Å². The molecule has 1 saturated heterocycles. The van der Waals surface area contributed by atoms with Crippen LogP contribution in [0.2, 0.25) is 0 Å². The smallest absolute Gasteiger partial charge is 0.326 e. The van der Waals surface area contributed by atoms with E-state index in [2.05, 4.69) is 5.32 Å². The number of carbonyl (C=O) groups excluding carboxylic acids is 1. The summed E-state index contributed by atoms with van der Waals surface area (Å²) in [5, 5.41) is 24.0. The van der Waals surface area contributed by atoms with E-state index in [1.807, 2.05) is 11.0 Å². The average molecular weight is 530 g/mol. The van der Waals surface area contributed by atoms with E-state index in [-0.39, 0.29) is 28.7 Å². The van der Waals surface area contributed by atoms with Gasteiger partial charge in [0.2, 0.25) is 0 Å². The van der Waals surface area contributed by atoms with Crippen molar-refractivity contribution in [3.05, 3.63) is 63.7 Å². The highest BCUT2D eigenvalue weighted by Gasteiger charge is 2.52. The molecule has 2 aromatic carbocycles. The van der Waals surface area contributed by atoms with Gasteiger partial charge in [0.15, 0.2) is 0 Å². The molecule has 5 atom stereocenters. The molecule has 2 fully saturated rings. The number of nitrogens with one attached hydrogen (secondary N) is 1. The fraction of sp³-hybridized carbons (Fsp3) is 0.462. The Morgan fingerprint density at radius 1 is 1.11 bits per heavy atom. The van der Waals surface area contributed by atoms with Gasteiger partial charge in [-0.3, -0.25) is 14.9 Å². The number of carboxylic acids is 1. The third-order valence-electron chi connectivity index (χ3n) is 7.56. The van der Waals surface area contributed by atoms with Crippen molar-refractivity contribution >= 4 is 46.6 Å². The number of amides is 1. The predicted octanol–water partition coefficient (Wildman–Crippen LogP) is 5.36. The van der Waals surface area contributed by atoms with E-state index in [0.717, 1.165) is 44.3 Å². The number of rotatable bonds is 5. The van der Waals surface area contributed by atoms with Crippen LogP contribution in [0.5, 0.6) is 0 Å². The summed E-state index contributed by atoms with van der Waals surface area (Å²) in [6.45, 7) is 1.49. The Hall–Kier alpha value is -2.78. The van der Waals surface area contributed by atoms with Crippen LogP contribution in [0.1, 0.15) is 53.9 Å². The maximum atomic E-state index is 13.3. The van der Waals surface area contributed by atoms with Crippen LogP contribution in [0, 0.1) is 16.0 Å². The Balaban J connectivity index is 1.47. The molecule has 0 aromatic heterocycles. The number of nitro benzene ring substituents is 1. The minimum atomic E-state index is -0.958. The van der Waals surface area contributed by atoms with E-state index < -0.39 is 22.3 Å². The van der Waals surface area contributed by atoms with Crippen molar-refractivity contribution in [1.82, 2.24) is 4.90 Å². The summed E-state index contributed by atoms with van der Waals surface area (Å²) in [6, 6.07) is 11.1. The second-order valence-electron chi connectivity index (χ2n) is 9.72. The summed E-state index contributed by atoms with van der Waals surface area (Å²) in [4.78, 5) is 39.0. The van der Waals surface area contributed by atoms with Crippen molar-refractivity contribution in [1.29, 1.82) is 0 Å². The zero-order valence-corrected chi connectivity index (χ0v) is 21.2. The van der Waals surface area contributed by atoms with Crippen LogP contribution >= 0.6 is 23.4 Å². The van der Waals surface area contributed by atoms with Gasteiger partial charge in [-0.15, -0.1) is 23.4 Å². The van der Waals surface area contributed by atoms with Crippen LogP contribution in [0.15, 0.2) is 47.4 Å². The van der Waals surface area contributed by atoms with E-state index in [1.165, 1.54) is 17.8 Å². The number of halogens is 1. The number of nitro groups is 1. The number of aliphatic carboxylic acids is 1. The van der Waals surface area contributed by atoms with E-state index in [9.17, 15) is 24.8 Å². The number of hydrogen-bond acceptors (Lipinski definition) is 6. The van der Waals surface area contributed by atoms with E-state index >= 15 is 0 Å². The number of alkyl halides is 1. The molecular formula is C26H28ClN3O5S. The zero-order chi connectivity index (χ0) is 25.4. The van der Waals surface area contributed by atoms with Gasteiger partial charge in [0.1, 0.15) is 6.04 Å². The molecule has 5 rings (SSSR count). The molecule has 2 heterocycles. The SMILES string of the molecule is O=C(O)C1Nc2ccc(C(=O)N3CCCCCC3)cc2C2C(Cl)C(Sc3ccccc3[N+](=O)[O-])CC12. The fourth-order valence-electron chi connectivity index (χ4n) is 5.82. The summed E-state index contributed by atoms with van der Waals surface area (Å²) in [6.07, 6.45) is 4.74. The van der Waals surface area contributed by atoms with Crippen LogP contribution in [0.25, 0.3) is 0 Å². The zero-order valence-electron chi connectivity index (χ0n) is 19.6. The van der Waals surface area contributed by atoms with Gasteiger partial charge < -0.3 is 15.3 Å². The number of hydrogen-bond donors (Lipinski definition) is 2. The Morgan fingerprint density at radius 2 is 1.83 bits per heavy atom. The molecule has 0 bridgehead atoms. The molecule has 190 valence electrons. The Labute approximate surface area is 218 Å². The van der Waals surface area contributed by atoms with E-state index in [0.29, 0.717) is 22.6 Å². The lowest BCUT2D eigenvalue weighted by atomic mass is 9.79. The molecular weight excluding hydrogens is 502 g/mol. The molecule has 10 heteroatoms. The van der Waals surface area contributed by atoms with Gasteiger partial charge in [-0.25, -0.2) is 4.79 Å². The summed E-state index contributed by atoms with van der Waals surface area (Å²) in [7, 11) is 0. The van der Waals surface area contributed by atoms with Gasteiger partial charge >= 0.3 is 5.97 Å². The number of nitrogens with zero attached hydrogens (tertiary/aromatic N) is 2. The number of thioether (sulfide) groups is 1. The standard InChI is InChI=1S/C26H28ClN3O5S/c27-23-21(36-20-8-4-3-7-19(20)30(34)35)14-17-22(23)16-13-15(9-10-18(16)28-24(17)26(32)33)25(31)29-11-5-1-2-6-12-29/h3-4,7-10,13,17,21-24,28H,1-2,5-6,11-12,14H2,(H,32,33). The quantitative estimate of drug-likeness (QED) is 0.304. The van der Waals surface area contributed by atoms with Crippen LogP contribution in [0.3, 0.4) is 0 Å². The normalized spacial score (nSPS) is 27.4. The molecule has 1 amide bonds. The molecule has 3 aliphatic rings. The summed E-state index contributed by atoms with van der Waals surface area (Å²) in [5.41, 5.74) is 2.13. The van der Waals surface area contributed by atoms with Gasteiger partial charge in [-0.2, -0.15) is 0 Å². The average Bonchev–Trinajstić information content (AvgIpc) is 3.03. The van der Waals surface area contributed by atoms with Gasteiger partial charge in [0, 0.05) is 41.6 Å². The highest BCUT2D eigenvalue weighted by Crippen LogP contribution is 2.55. The number of anilines is 1. The molecule has 8 nitrogen and oxygen atoms in total. The molecule has 0 spiro atoms. The topological polar surface area (TPSA) is 113 Å². The summed E-state index contributed by atoms with van der Waals surface area (Å²) < 4.78 is 0. The first-order valence-corrected chi connectivity index (χ1v) is 13.6. The Kier molecular flexibility index (Phi) is 7.12. The van der Waals surface area contributed by atoms with Gasteiger partial charge in [-0.1, -0.05) is 25.0 Å². The minimum Gasteiger partial charge on any atom is -0.480 e. The van der Waals surface area contributed by atoms with Crippen LogP contribution < -0.4 is 5.32 Å². The number of likely N-dealkylation sites (tertiary alicyclic amines) is 1. The van der Waals surface area contributed by atoms with Crippen molar-refractivity contribution in [2.24, 2.45) is 5.92 Å². The monoisotopic (exact) mass is 529 g/mol. The number of fused-ring (bicyclic) bond motifs is 3. The lowest BCUT2D eigenvalue weighted by molar-refractivity contribution is -0.387. The molecule has 36 heavy (non-hydrogen) atoms. The highest BCUT2D eigenvalue weighted by atomic mass is 35.5. The molecule has 2 aromatic rings. The van der Waals surface area contributed by atoms with Crippen molar-refractivity contribution in [3.8, 4) is 0 Å². The first kappa shape index (κ1) is 24.9. The third kappa shape index (κ3) is 4.66. The summed E-state index contributed by atoms with van der Waals surface area (Å²) >= 11 is 8.36. The molecule has 0 radical (unpaired) electrons. The molecule has 5 unspecified atom stereocenters. The Bertz CT molecular complexity index is 1190. The van der Waals surface area contributed by atoms with E-state index in [4.69, 9.17) is 11.6 Å². The van der Waals surface area contributed by atoms with E-state index in [1.54, 1.807) is 30.3 Å². The van der Waals surface area contributed by atoms with Gasteiger partial charge in [-0.05, 0) is 55.0 Å². The lowest BCUT2D eigenvalue weighted by Crippen LogP contribution is -2.42. The first-order valence-electron chi connectivity index (χ1n) is 12.3. The van der Waals surface area contributed by atoms with Crippen LogP contribution in [-0.4, -0.2) is 56.6 Å². The fourth-order valence-corrected chi connectivity index (χ4v) is 7.76. The second kappa shape index (κ2) is 10.3. The third-order valence-corrected chi connectivity index (χ3v) is 9.67. The maximum Gasteiger partial charge on any atom is 0.326 e. The number of carboxylic acid groups (broad SMARTS) is 1. The lowest BCUT2D eigenvalue weighted by Gasteiger charge is -2.36.